The van der Waals surface area contributed by atoms with Gasteiger partial charge < -0.3 is 15.4 Å². The summed E-state index contributed by atoms with van der Waals surface area (Å²) in [5.74, 6) is 0. The molecule has 1 saturated heterocycles. The Kier molecular flexibility index (Phi) is 6.89. The molecule has 22 heavy (non-hydrogen) atoms. The van der Waals surface area contributed by atoms with Crippen LogP contribution in [0, 0.1) is 0 Å². The summed E-state index contributed by atoms with van der Waals surface area (Å²) in [5, 5.41) is 6.05. The van der Waals surface area contributed by atoms with Crippen LogP contribution in [-0.4, -0.2) is 54.8 Å². The van der Waals surface area contributed by atoms with Gasteiger partial charge in [0.2, 0.25) is 0 Å². The largest absolute Gasteiger partial charge is 0.375 e. The van der Waals surface area contributed by atoms with Gasteiger partial charge in [0.25, 0.3) is 0 Å². The highest BCUT2D eigenvalue weighted by molar-refractivity contribution is 6.29. The van der Waals surface area contributed by atoms with Crippen LogP contribution in [0.15, 0.2) is 18.3 Å². The van der Waals surface area contributed by atoms with E-state index in [2.05, 4.69) is 20.5 Å². The van der Waals surface area contributed by atoms with Crippen molar-refractivity contribution in [3.8, 4) is 0 Å². The maximum Gasteiger partial charge on any atom is 0.314 e. The van der Waals surface area contributed by atoms with Crippen molar-refractivity contribution in [1.29, 1.82) is 0 Å². The Morgan fingerprint density at radius 1 is 1.50 bits per heavy atom. The summed E-state index contributed by atoms with van der Waals surface area (Å²) >= 11 is 5.80. The summed E-state index contributed by atoms with van der Waals surface area (Å²) in [5.41, 5.74) is 1.14. The molecule has 0 aliphatic carbocycles. The molecule has 2 rings (SSSR count). The van der Waals surface area contributed by atoms with Crippen LogP contribution in [0.2, 0.25) is 5.15 Å². The van der Waals surface area contributed by atoms with Crippen LogP contribution in [0.4, 0.5) is 4.79 Å². The number of halogens is 1. The molecule has 2 N–H and O–H groups in total. The normalized spacial score (nSPS) is 18.9. The molecule has 6 nitrogen and oxygen atoms in total. The highest BCUT2D eigenvalue weighted by Crippen LogP contribution is 2.13. The summed E-state index contributed by atoms with van der Waals surface area (Å²) in [6.45, 7) is 6.47. The SMILES string of the molecule is CCNC(=O)NCCC1CN(Cc2ccc(Cl)nc2)CCO1. The number of amides is 2. The molecule has 1 unspecified atom stereocenters. The monoisotopic (exact) mass is 326 g/mol. The van der Waals surface area contributed by atoms with Crippen LogP contribution in [0.25, 0.3) is 0 Å². The molecule has 1 aliphatic heterocycles. The van der Waals surface area contributed by atoms with Gasteiger partial charge in [-0.25, -0.2) is 9.78 Å². The van der Waals surface area contributed by atoms with Gasteiger partial charge in [0.15, 0.2) is 0 Å². The average Bonchev–Trinajstić information content (AvgIpc) is 2.50. The third-order valence-electron chi connectivity index (χ3n) is 3.51. The molecule has 1 aliphatic rings. The second kappa shape index (κ2) is 8.92. The quantitative estimate of drug-likeness (QED) is 0.780. The van der Waals surface area contributed by atoms with Crippen LogP contribution < -0.4 is 10.6 Å². The molecule has 0 bridgehead atoms. The first-order valence-corrected chi connectivity index (χ1v) is 8.01. The number of aromatic nitrogens is 1. The zero-order valence-corrected chi connectivity index (χ0v) is 13.6. The number of hydrogen-bond donors (Lipinski definition) is 2. The number of urea groups is 1. The fraction of sp³-hybridized carbons (Fsp3) is 0.600. The van der Waals surface area contributed by atoms with Gasteiger partial charge in [-0.15, -0.1) is 0 Å². The lowest BCUT2D eigenvalue weighted by Gasteiger charge is -2.33. The average molecular weight is 327 g/mol. The van der Waals surface area contributed by atoms with Crippen LogP contribution in [0.3, 0.4) is 0 Å². The Balaban J connectivity index is 1.72. The third kappa shape index (κ3) is 5.79. The fourth-order valence-electron chi connectivity index (χ4n) is 2.43. The van der Waals surface area contributed by atoms with E-state index < -0.39 is 0 Å². The van der Waals surface area contributed by atoms with Gasteiger partial charge in [0.05, 0.1) is 12.7 Å². The Labute approximate surface area is 136 Å². The van der Waals surface area contributed by atoms with E-state index >= 15 is 0 Å². The van der Waals surface area contributed by atoms with Crippen LogP contribution in [0.1, 0.15) is 18.9 Å². The highest BCUT2D eigenvalue weighted by atomic mass is 35.5. The number of rotatable bonds is 6. The number of hydrogen-bond acceptors (Lipinski definition) is 4. The van der Waals surface area contributed by atoms with E-state index in [1.165, 1.54) is 0 Å². The number of carbonyl (C=O) groups is 1. The molecule has 1 aromatic rings. The number of ether oxygens (including phenoxy) is 1. The Morgan fingerprint density at radius 2 is 2.36 bits per heavy atom. The maximum atomic E-state index is 11.3. The minimum Gasteiger partial charge on any atom is -0.375 e. The van der Waals surface area contributed by atoms with E-state index in [4.69, 9.17) is 16.3 Å². The number of nitrogens with zero attached hydrogens (tertiary/aromatic N) is 2. The number of carbonyl (C=O) groups excluding carboxylic acids is 1. The Hall–Kier alpha value is -1.37. The van der Waals surface area contributed by atoms with Gasteiger partial charge in [-0.05, 0) is 25.0 Å². The molecule has 1 aromatic heterocycles. The molecule has 0 radical (unpaired) electrons. The minimum absolute atomic E-state index is 0.123. The first-order chi connectivity index (χ1) is 10.7. The zero-order chi connectivity index (χ0) is 15.8. The van der Waals surface area contributed by atoms with E-state index in [0.29, 0.717) is 24.8 Å². The zero-order valence-electron chi connectivity index (χ0n) is 12.8. The second-order valence-electron chi connectivity index (χ2n) is 5.29. The van der Waals surface area contributed by atoms with Gasteiger partial charge in [-0.1, -0.05) is 17.7 Å². The molecule has 2 heterocycles. The van der Waals surface area contributed by atoms with E-state index in [1.807, 2.05) is 25.3 Å². The molecular weight excluding hydrogens is 304 g/mol. The topological polar surface area (TPSA) is 66.5 Å². The van der Waals surface area contributed by atoms with Crippen LogP contribution >= 0.6 is 11.6 Å². The first kappa shape index (κ1) is 17.0. The maximum absolute atomic E-state index is 11.3. The van der Waals surface area contributed by atoms with E-state index in [9.17, 15) is 4.79 Å². The molecule has 7 heteroatoms. The predicted molar refractivity (Wildman–Crippen MR) is 86.0 cm³/mol. The fourth-order valence-corrected chi connectivity index (χ4v) is 2.54. The lowest BCUT2D eigenvalue weighted by molar-refractivity contribution is -0.0341. The second-order valence-corrected chi connectivity index (χ2v) is 5.68. The number of nitrogens with one attached hydrogen (secondary N) is 2. The van der Waals surface area contributed by atoms with Crippen molar-refractivity contribution in [2.75, 3.05) is 32.8 Å². The van der Waals surface area contributed by atoms with Crippen LogP contribution in [-0.2, 0) is 11.3 Å². The van der Waals surface area contributed by atoms with E-state index in [0.717, 1.165) is 31.6 Å². The molecule has 122 valence electrons. The first-order valence-electron chi connectivity index (χ1n) is 7.63. The van der Waals surface area contributed by atoms with Crippen molar-refractivity contribution in [2.24, 2.45) is 0 Å². The molecule has 0 spiro atoms. The van der Waals surface area contributed by atoms with E-state index in [1.54, 1.807) is 0 Å². The van der Waals surface area contributed by atoms with Crippen molar-refractivity contribution < 1.29 is 9.53 Å². The van der Waals surface area contributed by atoms with Crippen molar-refractivity contribution in [1.82, 2.24) is 20.5 Å². The number of pyridine rings is 1. The Morgan fingerprint density at radius 3 is 3.09 bits per heavy atom. The van der Waals surface area contributed by atoms with Crippen molar-refractivity contribution in [2.45, 2.75) is 26.0 Å². The third-order valence-corrected chi connectivity index (χ3v) is 3.73. The summed E-state index contributed by atoms with van der Waals surface area (Å²) in [4.78, 5) is 17.8. The molecule has 0 aromatic carbocycles. The van der Waals surface area contributed by atoms with E-state index in [-0.39, 0.29) is 12.1 Å². The summed E-state index contributed by atoms with van der Waals surface area (Å²) in [6, 6.07) is 3.68. The van der Waals surface area contributed by atoms with Crippen molar-refractivity contribution in [3.05, 3.63) is 29.0 Å². The minimum atomic E-state index is -0.123. The van der Waals surface area contributed by atoms with Crippen molar-refractivity contribution in [3.63, 3.8) is 0 Å². The van der Waals surface area contributed by atoms with Gasteiger partial charge in [0, 0.05) is 38.9 Å². The van der Waals surface area contributed by atoms with Crippen molar-refractivity contribution >= 4 is 17.6 Å². The van der Waals surface area contributed by atoms with Gasteiger partial charge in [-0.2, -0.15) is 0 Å². The standard InChI is InChI=1S/C15H23ClN4O2/c1-2-17-15(21)18-6-5-13-11-20(7-8-22-13)10-12-3-4-14(16)19-9-12/h3-4,9,13H,2,5-8,10-11H2,1H3,(H2,17,18,21). The van der Waals surface area contributed by atoms with Gasteiger partial charge in [-0.3, -0.25) is 4.90 Å². The summed E-state index contributed by atoms with van der Waals surface area (Å²) in [7, 11) is 0. The smallest absolute Gasteiger partial charge is 0.314 e. The molecular formula is C15H23ClN4O2. The summed E-state index contributed by atoms with van der Waals surface area (Å²) in [6.07, 6.45) is 2.77. The highest BCUT2D eigenvalue weighted by Gasteiger charge is 2.20. The lowest BCUT2D eigenvalue weighted by atomic mass is 10.2. The van der Waals surface area contributed by atoms with Gasteiger partial charge in [0.1, 0.15) is 5.15 Å². The lowest BCUT2D eigenvalue weighted by Crippen LogP contribution is -2.44. The molecule has 2 amide bonds. The summed E-state index contributed by atoms with van der Waals surface area (Å²) < 4.78 is 5.76. The number of morpholine rings is 1. The predicted octanol–water partition coefficient (Wildman–Crippen LogP) is 1.65. The van der Waals surface area contributed by atoms with Gasteiger partial charge >= 0.3 is 6.03 Å². The Bertz CT molecular complexity index is 469. The molecule has 1 atom stereocenters. The van der Waals surface area contributed by atoms with Crippen LogP contribution in [0.5, 0.6) is 0 Å². The molecule has 0 saturated carbocycles. The molecule has 1 fully saturated rings.